The molecule has 0 aromatic rings. The minimum absolute atomic E-state index is 0. The lowest BCUT2D eigenvalue weighted by Crippen LogP contribution is -2.59. The average Bonchev–Trinajstić information content (AvgIpc) is 3.02. The van der Waals surface area contributed by atoms with Crippen LogP contribution in [0.3, 0.4) is 0 Å². The van der Waals surface area contributed by atoms with Crippen molar-refractivity contribution in [2.75, 3.05) is 45.8 Å². The van der Waals surface area contributed by atoms with Gasteiger partial charge in [0, 0.05) is 39.3 Å². The van der Waals surface area contributed by atoms with E-state index in [0.29, 0.717) is 31.5 Å². The Balaban J connectivity index is 0.00000182. The van der Waals surface area contributed by atoms with Crippen molar-refractivity contribution in [1.29, 1.82) is 0 Å². The molecule has 0 radical (unpaired) electrons. The summed E-state index contributed by atoms with van der Waals surface area (Å²) in [7, 11) is 0. The molecule has 0 spiro atoms. The van der Waals surface area contributed by atoms with Gasteiger partial charge in [0.05, 0.1) is 12.1 Å². The quantitative estimate of drug-likeness (QED) is 0.751. The molecular formula is C19H36Cl2N4O2. The van der Waals surface area contributed by atoms with Crippen molar-refractivity contribution < 1.29 is 9.59 Å². The van der Waals surface area contributed by atoms with Crippen LogP contribution in [0.15, 0.2) is 0 Å². The van der Waals surface area contributed by atoms with Crippen LogP contribution in [0.25, 0.3) is 0 Å². The molecule has 8 heteroatoms. The minimum atomic E-state index is -0.627. The number of hydrogen-bond donors (Lipinski definition) is 1. The lowest BCUT2D eigenvalue weighted by atomic mass is 9.92. The predicted molar refractivity (Wildman–Crippen MR) is 112 cm³/mol. The van der Waals surface area contributed by atoms with E-state index in [1.54, 1.807) is 0 Å². The van der Waals surface area contributed by atoms with Crippen LogP contribution in [-0.2, 0) is 9.59 Å². The van der Waals surface area contributed by atoms with Gasteiger partial charge in [0.15, 0.2) is 0 Å². The van der Waals surface area contributed by atoms with E-state index in [-0.39, 0.29) is 36.6 Å². The van der Waals surface area contributed by atoms with Gasteiger partial charge in [0.1, 0.15) is 0 Å². The van der Waals surface area contributed by atoms with Gasteiger partial charge in [-0.15, -0.1) is 24.8 Å². The predicted octanol–water partition coefficient (Wildman–Crippen LogP) is 1.75. The molecule has 2 N–H and O–H groups in total. The largest absolute Gasteiger partial charge is 0.341 e. The molecule has 6 nitrogen and oxygen atoms in total. The summed E-state index contributed by atoms with van der Waals surface area (Å²) in [6, 6.07) is 0. The van der Waals surface area contributed by atoms with Gasteiger partial charge in [-0.25, -0.2) is 0 Å². The first-order chi connectivity index (χ1) is 11.9. The van der Waals surface area contributed by atoms with Crippen LogP contribution in [0.1, 0.15) is 46.0 Å². The third-order valence-corrected chi connectivity index (χ3v) is 6.16. The minimum Gasteiger partial charge on any atom is -0.341 e. The number of halogens is 2. The van der Waals surface area contributed by atoms with Crippen LogP contribution >= 0.6 is 24.8 Å². The molecule has 3 rings (SSSR count). The molecule has 2 atom stereocenters. The van der Waals surface area contributed by atoms with Crippen LogP contribution in [0.2, 0.25) is 0 Å². The summed E-state index contributed by atoms with van der Waals surface area (Å²) in [5.74, 6) is 1.54. The van der Waals surface area contributed by atoms with E-state index in [2.05, 4.69) is 18.7 Å². The molecule has 1 aliphatic carbocycles. The Morgan fingerprint density at radius 3 is 1.96 bits per heavy atom. The van der Waals surface area contributed by atoms with Crippen molar-refractivity contribution >= 4 is 36.6 Å². The van der Waals surface area contributed by atoms with Crippen molar-refractivity contribution in [2.45, 2.75) is 51.5 Å². The molecule has 0 aromatic heterocycles. The third kappa shape index (κ3) is 5.96. The number of hydrogen-bond acceptors (Lipinski definition) is 4. The smallest absolute Gasteiger partial charge is 0.242 e. The van der Waals surface area contributed by atoms with E-state index in [4.69, 9.17) is 5.73 Å². The van der Waals surface area contributed by atoms with E-state index in [9.17, 15) is 9.59 Å². The maximum atomic E-state index is 12.7. The zero-order valence-corrected chi connectivity index (χ0v) is 18.3. The fourth-order valence-corrected chi connectivity index (χ4v) is 4.80. The Labute approximate surface area is 176 Å². The van der Waals surface area contributed by atoms with Gasteiger partial charge in [0.25, 0.3) is 0 Å². The highest BCUT2D eigenvalue weighted by atomic mass is 35.5. The second-order valence-corrected chi connectivity index (χ2v) is 8.68. The average molecular weight is 423 g/mol. The third-order valence-electron chi connectivity index (χ3n) is 6.16. The first-order valence-electron chi connectivity index (χ1n) is 9.96. The number of likely N-dealkylation sites (tertiary alicyclic amines) is 1. The molecule has 27 heavy (non-hydrogen) atoms. The molecule has 0 bridgehead atoms. The van der Waals surface area contributed by atoms with Gasteiger partial charge in [-0.05, 0) is 31.1 Å². The van der Waals surface area contributed by atoms with Gasteiger partial charge in [0.2, 0.25) is 11.8 Å². The summed E-state index contributed by atoms with van der Waals surface area (Å²) in [5, 5.41) is 0. The monoisotopic (exact) mass is 422 g/mol. The van der Waals surface area contributed by atoms with Gasteiger partial charge in [-0.1, -0.05) is 26.7 Å². The summed E-state index contributed by atoms with van der Waals surface area (Å²) in [6.07, 6.45) is 4.96. The zero-order chi connectivity index (χ0) is 18.0. The number of carbonyl (C=O) groups is 2. The highest BCUT2D eigenvalue weighted by Gasteiger charge is 2.40. The Hall–Kier alpha value is -0.560. The van der Waals surface area contributed by atoms with E-state index < -0.39 is 5.54 Å². The molecule has 3 fully saturated rings. The highest BCUT2D eigenvalue weighted by molar-refractivity contribution is 5.86. The van der Waals surface area contributed by atoms with E-state index >= 15 is 0 Å². The van der Waals surface area contributed by atoms with Crippen molar-refractivity contribution in [3.63, 3.8) is 0 Å². The van der Waals surface area contributed by atoms with E-state index in [1.807, 2.05) is 9.80 Å². The lowest BCUT2D eigenvalue weighted by Gasteiger charge is -2.40. The number of carbonyl (C=O) groups excluding carboxylic acids is 2. The molecule has 2 amide bonds. The second kappa shape index (κ2) is 10.3. The molecular weight excluding hydrogens is 387 g/mol. The molecule has 1 saturated carbocycles. The Kier molecular flexibility index (Phi) is 9.32. The summed E-state index contributed by atoms with van der Waals surface area (Å²) in [4.78, 5) is 31.4. The second-order valence-electron chi connectivity index (χ2n) is 8.68. The number of amides is 2. The van der Waals surface area contributed by atoms with Crippen molar-refractivity contribution in [3.8, 4) is 0 Å². The summed E-state index contributed by atoms with van der Waals surface area (Å²) in [5.41, 5.74) is 5.68. The van der Waals surface area contributed by atoms with E-state index in [0.717, 1.165) is 51.9 Å². The van der Waals surface area contributed by atoms with Crippen LogP contribution in [0, 0.1) is 11.8 Å². The number of piperazine rings is 1. The first-order valence-corrected chi connectivity index (χ1v) is 9.96. The highest BCUT2D eigenvalue weighted by Crippen LogP contribution is 2.29. The summed E-state index contributed by atoms with van der Waals surface area (Å²) < 4.78 is 0. The summed E-state index contributed by atoms with van der Waals surface area (Å²) in [6.45, 7) is 9.64. The number of nitrogens with two attached hydrogens (primary N) is 1. The fraction of sp³-hybridized carbons (Fsp3) is 0.895. The van der Waals surface area contributed by atoms with Crippen LogP contribution < -0.4 is 5.73 Å². The van der Waals surface area contributed by atoms with Crippen LogP contribution in [0.5, 0.6) is 0 Å². The van der Waals surface area contributed by atoms with Gasteiger partial charge in [-0.3, -0.25) is 14.5 Å². The van der Waals surface area contributed by atoms with Crippen LogP contribution in [-0.4, -0.2) is 77.9 Å². The van der Waals surface area contributed by atoms with E-state index in [1.165, 1.54) is 6.42 Å². The van der Waals surface area contributed by atoms with Gasteiger partial charge in [-0.2, -0.15) is 0 Å². The van der Waals surface area contributed by atoms with Crippen LogP contribution in [0.4, 0.5) is 0 Å². The maximum Gasteiger partial charge on any atom is 0.242 e. The molecule has 2 heterocycles. The molecule has 2 unspecified atom stereocenters. The summed E-state index contributed by atoms with van der Waals surface area (Å²) >= 11 is 0. The lowest BCUT2D eigenvalue weighted by molar-refractivity contribution is -0.140. The van der Waals surface area contributed by atoms with Gasteiger partial charge < -0.3 is 15.5 Å². The number of piperidine rings is 1. The fourth-order valence-electron chi connectivity index (χ4n) is 4.80. The van der Waals surface area contributed by atoms with Crippen molar-refractivity contribution in [2.24, 2.45) is 17.6 Å². The zero-order valence-electron chi connectivity index (χ0n) is 16.7. The van der Waals surface area contributed by atoms with Crippen molar-refractivity contribution in [1.82, 2.24) is 14.7 Å². The normalized spacial score (nSPS) is 28.3. The Morgan fingerprint density at radius 1 is 0.926 bits per heavy atom. The number of nitrogens with zero attached hydrogens (tertiary/aromatic N) is 3. The van der Waals surface area contributed by atoms with Gasteiger partial charge >= 0.3 is 0 Å². The first kappa shape index (κ1) is 24.5. The molecule has 2 aliphatic heterocycles. The number of rotatable bonds is 3. The SMILES string of the molecule is CC1CC(C)CN(C(=O)CN2CCN(C(=O)C3(N)CCCC3)CC2)C1.Cl.Cl. The topological polar surface area (TPSA) is 69.9 Å². The molecule has 0 aromatic carbocycles. The maximum absolute atomic E-state index is 12.7. The molecule has 2 saturated heterocycles. The Bertz CT molecular complexity index is 496. The Morgan fingerprint density at radius 2 is 1.44 bits per heavy atom. The molecule has 3 aliphatic rings. The van der Waals surface area contributed by atoms with Crippen molar-refractivity contribution in [3.05, 3.63) is 0 Å². The molecule has 158 valence electrons. The standard InChI is InChI=1S/C19H34N4O2.2ClH/c1-15-11-16(2)13-23(12-15)17(24)14-21-7-9-22(10-8-21)18(25)19(20)5-3-4-6-19;;/h15-16H,3-14,20H2,1-2H3;2*1H.